The molecule has 0 unspecified atom stereocenters. The fourth-order valence-corrected chi connectivity index (χ4v) is 1.35. The van der Waals surface area contributed by atoms with Gasteiger partial charge in [-0.2, -0.15) is 0 Å². The standard InChI is InChI=1S/C13H18N2O5/c1-13(2,3)7-8-20-11-10(15(17)18)6-5-9(14-11)12(16)19-4/h5-6H,7-8H2,1-4H3. The van der Waals surface area contributed by atoms with Gasteiger partial charge in [0.2, 0.25) is 0 Å². The Morgan fingerprint density at radius 1 is 1.40 bits per heavy atom. The number of nitro groups is 1. The van der Waals surface area contributed by atoms with Gasteiger partial charge >= 0.3 is 11.7 Å². The summed E-state index contributed by atoms with van der Waals surface area (Å²) in [5.41, 5.74) is -0.259. The number of carbonyl (C=O) groups excluding carboxylic acids is 1. The van der Waals surface area contributed by atoms with E-state index in [0.717, 1.165) is 0 Å². The topological polar surface area (TPSA) is 91.6 Å². The Morgan fingerprint density at radius 3 is 2.55 bits per heavy atom. The average molecular weight is 282 g/mol. The van der Waals surface area contributed by atoms with Crippen molar-refractivity contribution in [2.45, 2.75) is 27.2 Å². The van der Waals surface area contributed by atoms with E-state index in [2.05, 4.69) is 9.72 Å². The lowest BCUT2D eigenvalue weighted by atomic mass is 9.93. The summed E-state index contributed by atoms with van der Waals surface area (Å²) in [7, 11) is 1.21. The number of esters is 1. The fraction of sp³-hybridized carbons (Fsp3) is 0.538. The highest BCUT2D eigenvalue weighted by molar-refractivity contribution is 5.87. The van der Waals surface area contributed by atoms with Gasteiger partial charge in [0.05, 0.1) is 18.6 Å². The molecule has 0 saturated heterocycles. The van der Waals surface area contributed by atoms with Crippen molar-refractivity contribution in [3.8, 4) is 5.88 Å². The summed E-state index contributed by atoms with van der Waals surface area (Å²) in [5.74, 6) is -0.831. The molecule has 1 rings (SSSR count). The lowest BCUT2D eigenvalue weighted by Gasteiger charge is -2.17. The molecule has 0 bridgehead atoms. The van der Waals surface area contributed by atoms with Gasteiger partial charge in [0.25, 0.3) is 5.88 Å². The Labute approximate surface area is 117 Å². The number of rotatable bonds is 5. The van der Waals surface area contributed by atoms with Crippen molar-refractivity contribution in [1.29, 1.82) is 0 Å². The van der Waals surface area contributed by atoms with Gasteiger partial charge in [0.15, 0.2) is 5.69 Å². The number of hydrogen-bond donors (Lipinski definition) is 0. The van der Waals surface area contributed by atoms with E-state index in [0.29, 0.717) is 6.42 Å². The summed E-state index contributed by atoms with van der Waals surface area (Å²) in [6.07, 6.45) is 0.703. The molecule has 0 fully saturated rings. The number of nitrogens with zero attached hydrogens (tertiary/aromatic N) is 2. The number of carbonyl (C=O) groups is 1. The van der Waals surface area contributed by atoms with E-state index in [-0.39, 0.29) is 29.3 Å². The van der Waals surface area contributed by atoms with Gasteiger partial charge < -0.3 is 9.47 Å². The first-order valence-corrected chi connectivity index (χ1v) is 6.11. The van der Waals surface area contributed by atoms with Crippen LogP contribution in [-0.2, 0) is 4.74 Å². The zero-order valence-electron chi connectivity index (χ0n) is 12.0. The van der Waals surface area contributed by atoms with Crippen molar-refractivity contribution in [3.05, 3.63) is 27.9 Å². The zero-order chi connectivity index (χ0) is 15.3. The van der Waals surface area contributed by atoms with Crippen LogP contribution in [0.1, 0.15) is 37.7 Å². The Morgan fingerprint density at radius 2 is 2.05 bits per heavy atom. The number of methoxy groups -OCH3 is 1. The SMILES string of the molecule is COC(=O)c1ccc([N+](=O)[O-])c(OCCC(C)(C)C)n1. The summed E-state index contributed by atoms with van der Waals surface area (Å²) in [6.45, 7) is 6.37. The minimum absolute atomic E-state index is 0.0242. The van der Waals surface area contributed by atoms with E-state index >= 15 is 0 Å². The summed E-state index contributed by atoms with van der Waals surface area (Å²) in [4.78, 5) is 25.5. The zero-order valence-corrected chi connectivity index (χ0v) is 12.0. The number of hydrogen-bond acceptors (Lipinski definition) is 6. The third-order valence-corrected chi connectivity index (χ3v) is 2.52. The molecule has 0 aliphatic carbocycles. The molecular weight excluding hydrogens is 264 g/mol. The summed E-state index contributed by atoms with van der Waals surface area (Å²) in [5, 5.41) is 10.9. The van der Waals surface area contributed by atoms with Crippen molar-refractivity contribution < 1.29 is 19.2 Å². The van der Waals surface area contributed by atoms with E-state index in [9.17, 15) is 14.9 Å². The van der Waals surface area contributed by atoms with E-state index in [4.69, 9.17) is 4.74 Å². The van der Waals surface area contributed by atoms with Crippen molar-refractivity contribution in [3.63, 3.8) is 0 Å². The second-order valence-electron chi connectivity index (χ2n) is 5.43. The predicted molar refractivity (Wildman–Crippen MR) is 71.8 cm³/mol. The van der Waals surface area contributed by atoms with E-state index in [1.165, 1.54) is 19.2 Å². The van der Waals surface area contributed by atoms with Crippen LogP contribution >= 0.6 is 0 Å². The third-order valence-electron chi connectivity index (χ3n) is 2.52. The largest absolute Gasteiger partial charge is 0.473 e. The second kappa shape index (κ2) is 6.31. The highest BCUT2D eigenvalue weighted by atomic mass is 16.6. The molecular formula is C13H18N2O5. The second-order valence-corrected chi connectivity index (χ2v) is 5.43. The molecule has 0 radical (unpaired) electrons. The molecule has 1 aromatic rings. The van der Waals surface area contributed by atoms with Crippen LogP contribution < -0.4 is 4.74 Å². The van der Waals surface area contributed by atoms with Crippen LogP contribution in [0.2, 0.25) is 0 Å². The highest BCUT2D eigenvalue weighted by Gasteiger charge is 2.21. The maximum absolute atomic E-state index is 11.4. The van der Waals surface area contributed by atoms with Crippen molar-refractivity contribution in [2.24, 2.45) is 5.41 Å². The van der Waals surface area contributed by atoms with Crippen LogP contribution in [-0.4, -0.2) is 29.6 Å². The van der Waals surface area contributed by atoms with Gasteiger partial charge in [-0.3, -0.25) is 10.1 Å². The number of ether oxygens (including phenoxy) is 2. The van der Waals surface area contributed by atoms with Gasteiger partial charge in [-0.25, -0.2) is 9.78 Å². The van der Waals surface area contributed by atoms with Gasteiger partial charge in [0.1, 0.15) is 0 Å². The van der Waals surface area contributed by atoms with Gasteiger partial charge in [-0.05, 0) is 17.9 Å². The Balaban J connectivity index is 2.94. The first-order valence-electron chi connectivity index (χ1n) is 6.11. The van der Waals surface area contributed by atoms with Gasteiger partial charge in [0, 0.05) is 6.07 Å². The van der Waals surface area contributed by atoms with Crippen LogP contribution in [0.4, 0.5) is 5.69 Å². The number of pyridine rings is 1. The first-order chi connectivity index (χ1) is 9.24. The molecule has 110 valence electrons. The normalized spacial score (nSPS) is 11.0. The molecule has 0 aliphatic rings. The lowest BCUT2D eigenvalue weighted by molar-refractivity contribution is -0.386. The smallest absolute Gasteiger partial charge is 0.356 e. The van der Waals surface area contributed by atoms with E-state index < -0.39 is 10.9 Å². The summed E-state index contributed by atoms with van der Waals surface area (Å²) < 4.78 is 9.87. The maximum Gasteiger partial charge on any atom is 0.356 e. The van der Waals surface area contributed by atoms with Crippen LogP contribution in [0.3, 0.4) is 0 Å². The average Bonchev–Trinajstić information content (AvgIpc) is 2.35. The molecule has 7 heteroatoms. The van der Waals surface area contributed by atoms with E-state index in [1.54, 1.807) is 0 Å². The lowest BCUT2D eigenvalue weighted by Crippen LogP contribution is -2.13. The molecule has 7 nitrogen and oxygen atoms in total. The minimum Gasteiger partial charge on any atom is -0.473 e. The van der Waals surface area contributed by atoms with Crippen LogP contribution in [0, 0.1) is 15.5 Å². The third kappa shape index (κ3) is 4.49. The Hall–Kier alpha value is -2.18. The van der Waals surface area contributed by atoms with Crippen molar-refractivity contribution in [1.82, 2.24) is 4.98 Å². The Kier molecular flexibility index (Phi) is 5.01. The first kappa shape index (κ1) is 15.9. The van der Waals surface area contributed by atoms with Crippen molar-refractivity contribution >= 4 is 11.7 Å². The van der Waals surface area contributed by atoms with Crippen LogP contribution in [0.5, 0.6) is 5.88 Å². The highest BCUT2D eigenvalue weighted by Crippen LogP contribution is 2.26. The van der Waals surface area contributed by atoms with Crippen LogP contribution in [0.25, 0.3) is 0 Å². The van der Waals surface area contributed by atoms with Gasteiger partial charge in [-0.15, -0.1) is 0 Å². The molecule has 0 spiro atoms. The van der Waals surface area contributed by atoms with Crippen LogP contribution in [0.15, 0.2) is 12.1 Å². The maximum atomic E-state index is 11.4. The summed E-state index contributed by atoms with van der Waals surface area (Å²) >= 11 is 0. The monoisotopic (exact) mass is 282 g/mol. The molecule has 20 heavy (non-hydrogen) atoms. The molecule has 0 aromatic carbocycles. The molecule has 0 amide bonds. The molecule has 1 heterocycles. The number of aromatic nitrogens is 1. The molecule has 0 atom stereocenters. The Bertz CT molecular complexity index is 508. The quantitative estimate of drug-likeness (QED) is 0.468. The minimum atomic E-state index is -0.666. The molecule has 0 N–H and O–H groups in total. The van der Waals surface area contributed by atoms with Crippen molar-refractivity contribution in [2.75, 3.05) is 13.7 Å². The predicted octanol–water partition coefficient (Wildman–Crippen LogP) is 2.59. The van der Waals surface area contributed by atoms with E-state index in [1.807, 2.05) is 20.8 Å². The fourth-order valence-electron chi connectivity index (χ4n) is 1.35. The summed E-state index contributed by atoms with van der Waals surface area (Å²) in [6, 6.07) is 2.42. The molecule has 0 aliphatic heterocycles. The molecule has 1 aromatic heterocycles. The van der Waals surface area contributed by atoms with Gasteiger partial charge in [-0.1, -0.05) is 20.8 Å². The molecule has 0 saturated carbocycles.